The number of methoxy groups -OCH3 is 1. The van der Waals surface area contributed by atoms with E-state index in [2.05, 4.69) is 0 Å². The largest absolute Gasteiger partial charge is 0.496 e. The van der Waals surface area contributed by atoms with E-state index in [4.69, 9.17) is 9.47 Å². The van der Waals surface area contributed by atoms with Crippen LogP contribution in [0.4, 0.5) is 5.69 Å². The molecule has 0 radical (unpaired) electrons. The summed E-state index contributed by atoms with van der Waals surface area (Å²) in [4.78, 5) is 36.4. The van der Waals surface area contributed by atoms with Gasteiger partial charge < -0.3 is 9.47 Å². The number of nitro benzene ring substituents is 1. The van der Waals surface area contributed by atoms with Gasteiger partial charge in [0.15, 0.2) is 11.9 Å². The maximum absolute atomic E-state index is 13.3. The number of rotatable bonds is 6. The van der Waals surface area contributed by atoms with Gasteiger partial charge in [-0.3, -0.25) is 14.9 Å². The molecule has 0 N–H and O–H groups in total. The smallest absolute Gasteiger partial charge is 0.342 e. The third-order valence-corrected chi connectivity index (χ3v) is 6.83. The Labute approximate surface area is 163 Å². The highest BCUT2D eigenvalue weighted by atomic mass is 16.6. The molecule has 1 aromatic rings. The van der Waals surface area contributed by atoms with Crippen LogP contribution in [-0.2, 0) is 9.53 Å². The van der Waals surface area contributed by atoms with Gasteiger partial charge in [0.1, 0.15) is 11.3 Å². The van der Waals surface area contributed by atoms with E-state index in [1.807, 2.05) is 0 Å². The molecular formula is C21H25NO6. The summed E-state index contributed by atoms with van der Waals surface area (Å²) in [5, 5.41) is 11.0. The van der Waals surface area contributed by atoms with Crippen molar-refractivity contribution in [2.45, 2.75) is 51.6 Å². The Morgan fingerprint density at radius 3 is 2.21 bits per heavy atom. The van der Waals surface area contributed by atoms with Gasteiger partial charge >= 0.3 is 5.97 Å². The fourth-order valence-electron chi connectivity index (χ4n) is 6.09. The van der Waals surface area contributed by atoms with Crippen LogP contribution in [0.5, 0.6) is 5.75 Å². The van der Waals surface area contributed by atoms with E-state index in [1.165, 1.54) is 38.5 Å². The number of carbonyl (C=O) groups excluding carboxylic acids is 2. The molecule has 0 saturated heterocycles. The number of Topliss-reactive ketones (excluding diaryl/α,β-unsaturated/α-hetero) is 1. The lowest BCUT2D eigenvalue weighted by atomic mass is 9.48. The first kappa shape index (κ1) is 18.9. The molecule has 7 heteroatoms. The van der Waals surface area contributed by atoms with E-state index < -0.39 is 17.0 Å². The summed E-state index contributed by atoms with van der Waals surface area (Å²) in [5.41, 5.74) is -0.629. The molecule has 0 aliphatic heterocycles. The third kappa shape index (κ3) is 3.16. The van der Waals surface area contributed by atoms with Gasteiger partial charge in [-0.05, 0) is 69.3 Å². The van der Waals surface area contributed by atoms with Crippen LogP contribution in [0.1, 0.15) is 55.8 Å². The molecule has 4 fully saturated rings. The van der Waals surface area contributed by atoms with Gasteiger partial charge in [-0.2, -0.15) is 0 Å². The molecule has 7 nitrogen and oxygen atoms in total. The Balaban J connectivity index is 1.51. The van der Waals surface area contributed by atoms with Crippen molar-refractivity contribution in [3.05, 3.63) is 33.9 Å². The standard InChI is InChI=1S/C21H25NO6/c1-12(19(23)21-9-13-5-14(10-21)7-15(6-13)11-21)28-20(24)17-8-16(22(25)26)3-4-18(17)27-2/h3-4,8,12-15H,5-7,9-11H2,1-2H3/t12-,13?,14?,15?,21?/m1/s1. The summed E-state index contributed by atoms with van der Waals surface area (Å²) in [6, 6.07) is 3.75. The van der Waals surface area contributed by atoms with Crippen molar-refractivity contribution in [1.29, 1.82) is 0 Å². The highest BCUT2D eigenvalue weighted by molar-refractivity contribution is 5.97. The molecule has 0 unspecified atom stereocenters. The second-order valence-corrected chi connectivity index (χ2v) is 8.75. The average Bonchev–Trinajstić information content (AvgIpc) is 2.65. The van der Waals surface area contributed by atoms with Gasteiger partial charge in [0.05, 0.1) is 12.0 Å². The lowest BCUT2D eigenvalue weighted by Gasteiger charge is -2.56. The van der Waals surface area contributed by atoms with Gasteiger partial charge in [0.25, 0.3) is 5.69 Å². The van der Waals surface area contributed by atoms with Crippen molar-refractivity contribution in [3.8, 4) is 5.75 Å². The summed E-state index contributed by atoms with van der Waals surface area (Å²) < 4.78 is 10.6. The van der Waals surface area contributed by atoms with Crippen LogP contribution < -0.4 is 4.74 Å². The maximum atomic E-state index is 13.3. The van der Waals surface area contributed by atoms with Crippen LogP contribution >= 0.6 is 0 Å². The normalized spacial score (nSPS) is 31.3. The van der Waals surface area contributed by atoms with Gasteiger partial charge in [-0.25, -0.2) is 4.79 Å². The molecule has 1 aromatic carbocycles. The number of hydrogen-bond donors (Lipinski definition) is 0. The lowest BCUT2D eigenvalue weighted by molar-refractivity contribution is -0.384. The molecule has 4 bridgehead atoms. The number of benzene rings is 1. The lowest BCUT2D eigenvalue weighted by Crippen LogP contribution is -2.52. The van der Waals surface area contributed by atoms with Crippen LogP contribution in [0.15, 0.2) is 18.2 Å². The van der Waals surface area contributed by atoms with Crippen molar-refractivity contribution in [2.24, 2.45) is 23.2 Å². The molecule has 150 valence electrons. The summed E-state index contributed by atoms with van der Waals surface area (Å²) in [7, 11) is 1.38. The van der Waals surface area contributed by atoms with Crippen molar-refractivity contribution < 1.29 is 24.0 Å². The van der Waals surface area contributed by atoms with Crippen LogP contribution in [0, 0.1) is 33.3 Å². The number of ketones is 1. The number of nitro groups is 1. The number of nitrogens with zero attached hydrogens (tertiary/aromatic N) is 1. The molecule has 1 atom stereocenters. The highest BCUT2D eigenvalue weighted by Crippen LogP contribution is 2.60. The summed E-state index contributed by atoms with van der Waals surface area (Å²) in [6.45, 7) is 1.61. The molecule has 0 aromatic heterocycles. The molecule has 0 heterocycles. The zero-order valence-electron chi connectivity index (χ0n) is 16.2. The number of esters is 1. The molecule has 4 aliphatic carbocycles. The van der Waals surface area contributed by atoms with Crippen molar-refractivity contribution >= 4 is 17.4 Å². The van der Waals surface area contributed by atoms with Gasteiger partial charge in [0, 0.05) is 17.5 Å². The number of carbonyl (C=O) groups is 2. The minimum Gasteiger partial charge on any atom is -0.496 e. The quantitative estimate of drug-likeness (QED) is 0.417. The van der Waals surface area contributed by atoms with E-state index in [-0.39, 0.29) is 28.2 Å². The first-order valence-corrected chi connectivity index (χ1v) is 9.89. The van der Waals surface area contributed by atoms with E-state index >= 15 is 0 Å². The van der Waals surface area contributed by atoms with Crippen molar-refractivity contribution in [2.75, 3.05) is 7.11 Å². The zero-order chi connectivity index (χ0) is 20.1. The SMILES string of the molecule is COc1ccc([N+](=O)[O-])cc1C(=O)O[C@H](C)C(=O)C12CC3CC(CC(C3)C1)C2. The fourth-order valence-corrected chi connectivity index (χ4v) is 6.09. The predicted molar refractivity (Wildman–Crippen MR) is 100 cm³/mol. The van der Waals surface area contributed by atoms with Crippen LogP contribution in [-0.4, -0.2) is 29.9 Å². The third-order valence-electron chi connectivity index (χ3n) is 6.83. The van der Waals surface area contributed by atoms with Crippen LogP contribution in [0.25, 0.3) is 0 Å². The molecule has 28 heavy (non-hydrogen) atoms. The van der Waals surface area contributed by atoms with Crippen molar-refractivity contribution in [1.82, 2.24) is 0 Å². The monoisotopic (exact) mass is 387 g/mol. The molecule has 0 amide bonds. The summed E-state index contributed by atoms with van der Waals surface area (Å²) in [6.07, 6.45) is 5.51. The first-order valence-electron chi connectivity index (χ1n) is 9.89. The first-order chi connectivity index (χ1) is 13.3. The highest BCUT2D eigenvalue weighted by Gasteiger charge is 2.55. The van der Waals surface area contributed by atoms with E-state index in [0.717, 1.165) is 25.3 Å². The summed E-state index contributed by atoms with van der Waals surface area (Å²) in [5.74, 6) is 1.28. The number of ether oxygens (including phenoxy) is 2. The Bertz CT molecular complexity index is 797. The van der Waals surface area contributed by atoms with Crippen molar-refractivity contribution in [3.63, 3.8) is 0 Å². The van der Waals surface area contributed by atoms with E-state index in [1.54, 1.807) is 6.92 Å². The second-order valence-electron chi connectivity index (χ2n) is 8.75. The van der Waals surface area contributed by atoms with Gasteiger partial charge in [0.2, 0.25) is 0 Å². The number of hydrogen-bond acceptors (Lipinski definition) is 6. The zero-order valence-corrected chi connectivity index (χ0v) is 16.2. The van der Waals surface area contributed by atoms with E-state index in [0.29, 0.717) is 17.8 Å². The maximum Gasteiger partial charge on any atom is 0.342 e. The number of non-ortho nitro benzene ring substituents is 1. The average molecular weight is 387 g/mol. The molecular weight excluding hydrogens is 362 g/mol. The predicted octanol–water partition coefficient (Wildman–Crippen LogP) is 3.93. The molecule has 4 aliphatic rings. The van der Waals surface area contributed by atoms with Gasteiger partial charge in [-0.1, -0.05) is 0 Å². The van der Waals surface area contributed by atoms with E-state index in [9.17, 15) is 19.7 Å². The minimum atomic E-state index is -0.882. The Kier molecular flexibility index (Phi) is 4.63. The Morgan fingerprint density at radius 2 is 1.71 bits per heavy atom. The molecule has 5 rings (SSSR count). The van der Waals surface area contributed by atoms with Crippen LogP contribution in [0.3, 0.4) is 0 Å². The molecule has 0 spiro atoms. The second kappa shape index (κ2) is 6.87. The van der Waals surface area contributed by atoms with Gasteiger partial charge in [-0.15, -0.1) is 0 Å². The Morgan fingerprint density at radius 1 is 1.14 bits per heavy atom. The summed E-state index contributed by atoms with van der Waals surface area (Å²) >= 11 is 0. The minimum absolute atomic E-state index is 0.00403. The fraction of sp³-hybridized carbons (Fsp3) is 0.619. The Hall–Kier alpha value is -2.44. The van der Waals surface area contributed by atoms with Crippen LogP contribution in [0.2, 0.25) is 0 Å². The topological polar surface area (TPSA) is 95.7 Å². The molecule has 4 saturated carbocycles.